The van der Waals surface area contributed by atoms with Crippen LogP contribution in [-0.4, -0.2) is 15.0 Å². The van der Waals surface area contributed by atoms with Crippen molar-refractivity contribution in [2.45, 2.75) is 31.6 Å². The average molecular weight is 680 g/mol. The monoisotopic (exact) mass is 679 g/mol. The van der Waals surface area contributed by atoms with Gasteiger partial charge in [0.25, 0.3) is 0 Å². The largest absolute Gasteiger partial charge is 0.209 e. The van der Waals surface area contributed by atoms with Gasteiger partial charge in [-0.15, -0.1) is 0 Å². The molecule has 0 radical (unpaired) electrons. The van der Waals surface area contributed by atoms with Gasteiger partial charge in [-0.2, -0.15) is 0 Å². The molecule has 0 spiro atoms. The molecular weight excluding hydrogens is 643 g/mol. The molecule has 3 heteroatoms. The zero-order chi connectivity index (χ0) is 35.3. The molecule has 8 aromatic rings. The van der Waals surface area contributed by atoms with Gasteiger partial charge >= 0.3 is 0 Å². The van der Waals surface area contributed by atoms with Crippen LogP contribution in [0.25, 0.3) is 66.6 Å². The molecule has 0 fully saturated rings. The van der Waals surface area contributed by atoms with Gasteiger partial charge in [0.2, 0.25) is 0 Å². The molecule has 10 rings (SSSR count). The fraction of sp³-hybridized carbons (Fsp3) is 0.100. The minimum Gasteiger partial charge on any atom is -0.209 e. The molecule has 1 aromatic heterocycles. The summed E-state index contributed by atoms with van der Waals surface area (Å²) in [6.07, 6.45) is 6.53. The highest BCUT2D eigenvalue weighted by Crippen LogP contribution is 2.45. The smallest absolute Gasteiger partial charge is 0.164 e. The first-order chi connectivity index (χ1) is 26.2. The molecule has 252 valence electrons. The maximum Gasteiger partial charge on any atom is 0.164 e. The zero-order valence-electron chi connectivity index (χ0n) is 29.6. The van der Waals surface area contributed by atoms with Gasteiger partial charge in [0.1, 0.15) is 0 Å². The summed E-state index contributed by atoms with van der Waals surface area (Å²) >= 11 is 0. The second-order valence-corrected chi connectivity index (χ2v) is 14.4. The van der Waals surface area contributed by atoms with Crippen LogP contribution in [0.4, 0.5) is 0 Å². The Morgan fingerprint density at radius 2 is 1.15 bits per heavy atom. The Kier molecular flexibility index (Phi) is 7.65. The molecule has 2 aliphatic rings. The molecule has 0 saturated heterocycles. The molecular formula is C50H37N3. The molecule has 7 aromatic carbocycles. The number of benzene rings is 7. The van der Waals surface area contributed by atoms with Crippen molar-refractivity contribution in [2.24, 2.45) is 0 Å². The van der Waals surface area contributed by atoms with Crippen molar-refractivity contribution in [2.75, 3.05) is 0 Å². The van der Waals surface area contributed by atoms with Crippen molar-refractivity contribution in [3.8, 4) is 33.9 Å². The lowest BCUT2D eigenvalue weighted by Gasteiger charge is -2.25. The number of hydrogen-bond donors (Lipinski definition) is 0. The number of rotatable bonds is 6. The van der Waals surface area contributed by atoms with E-state index in [9.17, 15) is 0 Å². The van der Waals surface area contributed by atoms with Crippen LogP contribution in [0, 0.1) is 0 Å². The third-order valence-corrected chi connectivity index (χ3v) is 11.1. The summed E-state index contributed by atoms with van der Waals surface area (Å²) in [6, 6.07) is 56.4. The normalized spacial score (nSPS) is 16.5. The number of allylic oxidation sites excluding steroid dienone is 4. The Hall–Kier alpha value is -6.45. The van der Waals surface area contributed by atoms with Crippen LogP contribution >= 0.6 is 0 Å². The van der Waals surface area contributed by atoms with Gasteiger partial charge < -0.3 is 0 Å². The van der Waals surface area contributed by atoms with Crippen LogP contribution < -0.4 is 0 Å². The third-order valence-electron chi connectivity index (χ3n) is 11.1. The summed E-state index contributed by atoms with van der Waals surface area (Å²) in [6.45, 7) is 2.35. The van der Waals surface area contributed by atoms with Crippen molar-refractivity contribution >= 4 is 32.7 Å². The van der Waals surface area contributed by atoms with E-state index >= 15 is 0 Å². The highest BCUT2D eigenvalue weighted by atomic mass is 15.0. The fourth-order valence-electron chi connectivity index (χ4n) is 8.46. The van der Waals surface area contributed by atoms with Crippen molar-refractivity contribution in [1.82, 2.24) is 15.0 Å². The predicted octanol–water partition coefficient (Wildman–Crippen LogP) is 12.5. The summed E-state index contributed by atoms with van der Waals surface area (Å²) in [7, 11) is 0. The van der Waals surface area contributed by atoms with E-state index in [4.69, 9.17) is 15.0 Å². The molecule has 0 amide bonds. The van der Waals surface area contributed by atoms with Crippen molar-refractivity contribution in [1.29, 1.82) is 0 Å². The molecule has 0 N–H and O–H groups in total. The number of nitrogens with zero attached hydrogens (tertiary/aromatic N) is 3. The zero-order valence-corrected chi connectivity index (χ0v) is 29.6. The quantitative estimate of drug-likeness (QED) is 0.164. The van der Waals surface area contributed by atoms with E-state index in [1.165, 1.54) is 54.9 Å². The second-order valence-electron chi connectivity index (χ2n) is 14.4. The van der Waals surface area contributed by atoms with E-state index in [-0.39, 0.29) is 5.92 Å². The van der Waals surface area contributed by atoms with E-state index in [1.54, 1.807) is 0 Å². The Labute approximate surface area is 310 Å². The number of aromatic nitrogens is 3. The molecule has 2 aliphatic carbocycles. The lowest BCUT2D eigenvalue weighted by atomic mass is 9.79. The van der Waals surface area contributed by atoms with Crippen molar-refractivity contribution < 1.29 is 0 Å². The first-order valence-corrected chi connectivity index (χ1v) is 18.6. The second kappa shape index (κ2) is 13.0. The molecule has 53 heavy (non-hydrogen) atoms. The van der Waals surface area contributed by atoms with Gasteiger partial charge in [0.05, 0.1) is 0 Å². The molecule has 1 heterocycles. The Morgan fingerprint density at radius 1 is 0.509 bits per heavy atom. The molecule has 2 unspecified atom stereocenters. The lowest BCUT2D eigenvalue weighted by Crippen LogP contribution is -2.09. The van der Waals surface area contributed by atoms with E-state index in [1.807, 2.05) is 0 Å². The van der Waals surface area contributed by atoms with E-state index in [0.29, 0.717) is 17.6 Å². The Morgan fingerprint density at radius 3 is 1.92 bits per heavy atom. The van der Waals surface area contributed by atoms with Crippen LogP contribution in [0.15, 0.2) is 170 Å². The minimum absolute atomic E-state index is 0.182. The average Bonchev–Trinajstić information content (AvgIpc) is 3.23. The van der Waals surface area contributed by atoms with Gasteiger partial charge in [-0.05, 0) is 97.0 Å². The van der Waals surface area contributed by atoms with Crippen molar-refractivity contribution in [3.63, 3.8) is 0 Å². The summed E-state index contributed by atoms with van der Waals surface area (Å²) in [4.78, 5) is 16.0. The maximum atomic E-state index is 5.40. The van der Waals surface area contributed by atoms with Gasteiger partial charge in [0.15, 0.2) is 17.5 Å². The van der Waals surface area contributed by atoms with Crippen LogP contribution in [0.1, 0.15) is 53.3 Å². The number of hydrogen-bond acceptors (Lipinski definition) is 3. The van der Waals surface area contributed by atoms with Crippen LogP contribution in [0.5, 0.6) is 0 Å². The highest BCUT2D eigenvalue weighted by molar-refractivity contribution is 6.16. The van der Waals surface area contributed by atoms with Crippen LogP contribution in [0.3, 0.4) is 0 Å². The van der Waals surface area contributed by atoms with Crippen LogP contribution in [-0.2, 0) is 6.42 Å². The first kappa shape index (κ1) is 31.3. The van der Waals surface area contributed by atoms with Gasteiger partial charge in [-0.1, -0.05) is 165 Å². The first-order valence-electron chi connectivity index (χ1n) is 18.6. The van der Waals surface area contributed by atoms with E-state index < -0.39 is 0 Å². The maximum absolute atomic E-state index is 5.40. The fourth-order valence-corrected chi connectivity index (χ4v) is 8.46. The Balaban J connectivity index is 1.19. The molecule has 2 atom stereocenters. The van der Waals surface area contributed by atoms with E-state index in [0.717, 1.165) is 40.9 Å². The molecule has 3 nitrogen and oxygen atoms in total. The van der Waals surface area contributed by atoms with Gasteiger partial charge in [-0.25, -0.2) is 15.0 Å². The lowest BCUT2D eigenvalue weighted by molar-refractivity contribution is 0.764. The van der Waals surface area contributed by atoms with Gasteiger partial charge in [-0.3, -0.25) is 0 Å². The molecule has 0 bridgehead atoms. The van der Waals surface area contributed by atoms with E-state index in [2.05, 4.69) is 177 Å². The summed E-state index contributed by atoms with van der Waals surface area (Å²) < 4.78 is 0. The standard InChI is InChI=1S/C50H37N3/c1-32-27-38-19-11-20-39-31-45(44-22-12-21-43(32)47(44)46(38)39)50-52-48(37-25-23-36(24-26-37)33-13-5-2-6-14-33)51-49(53-50)42-29-40(34-15-7-3-8-16-34)28-41(30-42)35-17-9-4-10-18-35/h2-26,28-29,31-32,41H,27,30H2,1H3. The highest BCUT2D eigenvalue weighted by Gasteiger charge is 2.26. The third kappa shape index (κ3) is 5.66. The topological polar surface area (TPSA) is 38.7 Å². The minimum atomic E-state index is 0.182. The van der Waals surface area contributed by atoms with Crippen molar-refractivity contribution in [3.05, 3.63) is 198 Å². The van der Waals surface area contributed by atoms with Crippen LogP contribution in [0.2, 0.25) is 0 Å². The summed E-state index contributed by atoms with van der Waals surface area (Å²) in [5.41, 5.74) is 11.9. The Bertz CT molecular complexity index is 2710. The summed E-state index contributed by atoms with van der Waals surface area (Å²) in [5, 5.41) is 5.13. The van der Waals surface area contributed by atoms with Gasteiger partial charge in [0, 0.05) is 17.0 Å². The summed E-state index contributed by atoms with van der Waals surface area (Å²) in [5.74, 6) is 2.72. The SMILES string of the molecule is CC1Cc2cccc3cc(-c4nc(C5=CC(c6ccccc6)=CC(c6ccccc6)C5)nc(-c5ccc(-c6ccccc6)cc5)n4)c4cccc1c4c23. The predicted molar refractivity (Wildman–Crippen MR) is 219 cm³/mol. The molecule has 0 saturated carbocycles. The molecule has 0 aliphatic heterocycles.